The Hall–Kier alpha value is -0.870. The molecule has 4 heteroatoms. The molecule has 2 heterocycles. The van der Waals surface area contributed by atoms with Crippen molar-refractivity contribution in [3.8, 4) is 0 Å². The highest BCUT2D eigenvalue weighted by Crippen LogP contribution is 2.33. The number of rotatable bonds is 5. The van der Waals surface area contributed by atoms with Gasteiger partial charge in [-0.1, -0.05) is 34.1 Å². The SMILES string of the molecule is CCC(C)C(C)N1C(=O)C(C(C)C)NC1c1ccsc1. The van der Waals surface area contributed by atoms with Crippen LogP contribution in [0.3, 0.4) is 0 Å². The molecule has 1 aromatic heterocycles. The summed E-state index contributed by atoms with van der Waals surface area (Å²) in [6, 6.07) is 2.31. The van der Waals surface area contributed by atoms with E-state index in [2.05, 4.69) is 61.7 Å². The number of amides is 1. The smallest absolute Gasteiger partial charge is 0.241 e. The monoisotopic (exact) mass is 294 g/mol. The third-order valence-corrected chi connectivity index (χ3v) is 5.27. The summed E-state index contributed by atoms with van der Waals surface area (Å²) in [6.45, 7) is 10.8. The number of hydrogen-bond acceptors (Lipinski definition) is 3. The highest BCUT2D eigenvalue weighted by atomic mass is 32.1. The third-order valence-electron chi connectivity index (χ3n) is 4.57. The second kappa shape index (κ2) is 6.27. The number of carbonyl (C=O) groups is 1. The Morgan fingerprint density at radius 3 is 2.55 bits per heavy atom. The second-order valence-electron chi connectivity index (χ2n) is 6.22. The molecule has 4 atom stereocenters. The van der Waals surface area contributed by atoms with Gasteiger partial charge in [-0.25, -0.2) is 0 Å². The molecular formula is C16H26N2OS. The molecule has 0 saturated carbocycles. The van der Waals surface area contributed by atoms with E-state index in [-0.39, 0.29) is 24.2 Å². The molecule has 0 aromatic carbocycles. The maximum atomic E-state index is 12.8. The van der Waals surface area contributed by atoms with Crippen LogP contribution in [0.15, 0.2) is 16.8 Å². The van der Waals surface area contributed by atoms with E-state index in [1.54, 1.807) is 11.3 Å². The van der Waals surface area contributed by atoms with Crippen LogP contribution in [0.25, 0.3) is 0 Å². The lowest BCUT2D eigenvalue weighted by molar-refractivity contribution is -0.133. The van der Waals surface area contributed by atoms with E-state index in [9.17, 15) is 4.79 Å². The van der Waals surface area contributed by atoms with Crippen molar-refractivity contribution in [3.05, 3.63) is 22.4 Å². The van der Waals surface area contributed by atoms with Crippen LogP contribution in [0.4, 0.5) is 0 Å². The molecule has 20 heavy (non-hydrogen) atoms. The van der Waals surface area contributed by atoms with Gasteiger partial charge in [0.25, 0.3) is 0 Å². The average molecular weight is 294 g/mol. The largest absolute Gasteiger partial charge is 0.319 e. The van der Waals surface area contributed by atoms with Crippen LogP contribution in [0.5, 0.6) is 0 Å². The molecule has 1 amide bonds. The zero-order chi connectivity index (χ0) is 14.9. The van der Waals surface area contributed by atoms with Crippen LogP contribution in [0, 0.1) is 11.8 Å². The van der Waals surface area contributed by atoms with Gasteiger partial charge >= 0.3 is 0 Å². The Bertz CT molecular complexity index is 443. The topological polar surface area (TPSA) is 32.3 Å². The lowest BCUT2D eigenvalue weighted by atomic mass is 9.97. The summed E-state index contributed by atoms with van der Waals surface area (Å²) < 4.78 is 0. The maximum Gasteiger partial charge on any atom is 0.241 e. The summed E-state index contributed by atoms with van der Waals surface area (Å²) >= 11 is 1.69. The molecule has 0 bridgehead atoms. The molecule has 0 spiro atoms. The lowest BCUT2D eigenvalue weighted by Gasteiger charge is -2.33. The minimum atomic E-state index is -0.0635. The van der Waals surface area contributed by atoms with Crippen LogP contribution < -0.4 is 5.32 Å². The fourth-order valence-electron chi connectivity index (χ4n) is 2.83. The number of carbonyl (C=O) groups excluding carboxylic acids is 1. The number of hydrogen-bond donors (Lipinski definition) is 1. The summed E-state index contributed by atoms with van der Waals surface area (Å²) in [5, 5.41) is 7.76. The molecule has 0 aliphatic carbocycles. The summed E-state index contributed by atoms with van der Waals surface area (Å²) in [5.74, 6) is 1.08. The van der Waals surface area contributed by atoms with E-state index in [0.29, 0.717) is 11.8 Å². The Morgan fingerprint density at radius 2 is 2.05 bits per heavy atom. The first-order valence-electron chi connectivity index (χ1n) is 7.57. The van der Waals surface area contributed by atoms with Gasteiger partial charge in [-0.05, 0) is 41.1 Å². The molecule has 1 aromatic rings. The molecule has 1 N–H and O–H groups in total. The van der Waals surface area contributed by atoms with E-state index in [1.807, 2.05) is 0 Å². The van der Waals surface area contributed by atoms with Gasteiger partial charge in [0.15, 0.2) is 0 Å². The van der Waals surface area contributed by atoms with Gasteiger partial charge in [-0.2, -0.15) is 11.3 Å². The van der Waals surface area contributed by atoms with Crippen LogP contribution in [0.1, 0.15) is 52.8 Å². The minimum Gasteiger partial charge on any atom is -0.319 e. The Labute approximate surface area is 126 Å². The highest BCUT2D eigenvalue weighted by molar-refractivity contribution is 7.07. The first-order valence-corrected chi connectivity index (χ1v) is 8.52. The van der Waals surface area contributed by atoms with E-state index in [1.165, 1.54) is 5.56 Å². The van der Waals surface area contributed by atoms with Crippen molar-refractivity contribution < 1.29 is 4.79 Å². The van der Waals surface area contributed by atoms with Crippen molar-refractivity contribution in [1.82, 2.24) is 10.2 Å². The summed E-state index contributed by atoms with van der Waals surface area (Å²) in [7, 11) is 0. The van der Waals surface area contributed by atoms with Gasteiger partial charge in [0.1, 0.15) is 6.17 Å². The predicted octanol–water partition coefficient (Wildman–Crippen LogP) is 3.64. The van der Waals surface area contributed by atoms with Gasteiger partial charge in [0.05, 0.1) is 6.04 Å². The van der Waals surface area contributed by atoms with Crippen molar-refractivity contribution >= 4 is 17.2 Å². The zero-order valence-electron chi connectivity index (χ0n) is 13.1. The average Bonchev–Trinajstić information content (AvgIpc) is 3.03. The zero-order valence-corrected chi connectivity index (χ0v) is 13.9. The standard InChI is InChI=1S/C16H26N2OS/c1-6-11(4)12(5)18-15(13-7-8-20-9-13)17-14(10(2)3)16(18)19/h7-12,14-15,17H,6H2,1-5H3. The summed E-state index contributed by atoms with van der Waals surface area (Å²) in [4.78, 5) is 14.9. The Morgan fingerprint density at radius 1 is 1.35 bits per heavy atom. The van der Waals surface area contributed by atoms with E-state index in [0.717, 1.165) is 6.42 Å². The van der Waals surface area contributed by atoms with Crippen LogP contribution in [0.2, 0.25) is 0 Å². The van der Waals surface area contributed by atoms with Gasteiger partial charge in [0, 0.05) is 6.04 Å². The van der Waals surface area contributed by atoms with Crippen molar-refractivity contribution in [1.29, 1.82) is 0 Å². The van der Waals surface area contributed by atoms with E-state index in [4.69, 9.17) is 0 Å². The van der Waals surface area contributed by atoms with E-state index >= 15 is 0 Å². The van der Waals surface area contributed by atoms with Gasteiger partial charge in [-0.3, -0.25) is 10.1 Å². The minimum absolute atomic E-state index is 0.0325. The molecule has 1 saturated heterocycles. The first kappa shape index (κ1) is 15.5. The second-order valence-corrected chi connectivity index (χ2v) is 7.00. The normalized spacial score (nSPS) is 26.3. The summed E-state index contributed by atoms with van der Waals surface area (Å²) in [6.07, 6.45) is 1.12. The van der Waals surface area contributed by atoms with Crippen LogP contribution in [-0.4, -0.2) is 22.9 Å². The Kier molecular flexibility index (Phi) is 4.86. The molecule has 112 valence electrons. The highest BCUT2D eigenvalue weighted by Gasteiger charge is 2.44. The van der Waals surface area contributed by atoms with Gasteiger partial charge < -0.3 is 4.90 Å². The molecule has 0 radical (unpaired) electrons. The predicted molar refractivity (Wildman–Crippen MR) is 84.6 cm³/mol. The first-order chi connectivity index (χ1) is 9.47. The summed E-state index contributed by atoms with van der Waals surface area (Å²) in [5.41, 5.74) is 1.21. The van der Waals surface area contributed by atoms with Crippen molar-refractivity contribution in [2.24, 2.45) is 11.8 Å². The van der Waals surface area contributed by atoms with Crippen molar-refractivity contribution in [3.63, 3.8) is 0 Å². The number of thiophene rings is 1. The van der Waals surface area contributed by atoms with Gasteiger partial charge in [0.2, 0.25) is 5.91 Å². The maximum absolute atomic E-state index is 12.8. The van der Waals surface area contributed by atoms with Crippen molar-refractivity contribution in [2.45, 2.75) is 59.3 Å². The molecule has 1 aliphatic rings. The molecule has 4 unspecified atom stereocenters. The van der Waals surface area contributed by atoms with E-state index < -0.39 is 0 Å². The number of nitrogens with zero attached hydrogens (tertiary/aromatic N) is 1. The third kappa shape index (κ3) is 2.77. The lowest BCUT2D eigenvalue weighted by Crippen LogP contribution is -2.42. The Balaban J connectivity index is 2.30. The molecule has 1 fully saturated rings. The fraction of sp³-hybridized carbons (Fsp3) is 0.688. The van der Waals surface area contributed by atoms with Crippen molar-refractivity contribution in [2.75, 3.05) is 0 Å². The molecule has 1 aliphatic heterocycles. The fourth-order valence-corrected chi connectivity index (χ4v) is 3.50. The number of nitrogens with one attached hydrogen (secondary N) is 1. The quantitative estimate of drug-likeness (QED) is 0.899. The van der Waals surface area contributed by atoms with Crippen LogP contribution in [-0.2, 0) is 4.79 Å². The van der Waals surface area contributed by atoms with Crippen LogP contribution >= 0.6 is 11.3 Å². The molecular weight excluding hydrogens is 268 g/mol. The molecule has 2 rings (SSSR count). The van der Waals surface area contributed by atoms with Gasteiger partial charge in [-0.15, -0.1) is 0 Å². The molecule has 3 nitrogen and oxygen atoms in total.